The third-order valence-corrected chi connectivity index (χ3v) is 2.42. The van der Waals surface area contributed by atoms with Gasteiger partial charge in [-0.1, -0.05) is 6.07 Å². The van der Waals surface area contributed by atoms with Gasteiger partial charge in [-0.25, -0.2) is 0 Å². The minimum absolute atomic E-state index is 0.783. The van der Waals surface area contributed by atoms with Crippen LogP contribution in [0.2, 0.25) is 0 Å². The topological polar surface area (TPSA) is 55.9 Å². The molecule has 1 aromatic heterocycles. The maximum atomic E-state index is 5.86. The molecule has 2 aromatic rings. The number of aryl methyl sites for hydroxylation is 1. The highest BCUT2D eigenvalue weighted by atomic mass is 15.3. The summed E-state index contributed by atoms with van der Waals surface area (Å²) in [5.41, 5.74) is 8.84. The maximum Gasteiger partial charge on any atom is 0.0582 e. The van der Waals surface area contributed by atoms with E-state index in [0.717, 1.165) is 24.5 Å². The van der Waals surface area contributed by atoms with Gasteiger partial charge in [0.1, 0.15) is 0 Å². The van der Waals surface area contributed by atoms with Crippen molar-refractivity contribution in [3.8, 4) is 0 Å². The lowest BCUT2D eigenvalue weighted by atomic mass is 10.2. The van der Waals surface area contributed by atoms with E-state index < -0.39 is 0 Å². The SMILES string of the molecule is Cc1ccc(N)c(NCCn2cccn2)c1. The summed E-state index contributed by atoms with van der Waals surface area (Å²) in [5, 5.41) is 7.44. The Hall–Kier alpha value is -1.97. The maximum absolute atomic E-state index is 5.86. The first-order valence-corrected chi connectivity index (χ1v) is 5.33. The summed E-state index contributed by atoms with van der Waals surface area (Å²) in [6, 6.07) is 7.90. The second kappa shape index (κ2) is 4.70. The third-order valence-electron chi connectivity index (χ3n) is 2.42. The van der Waals surface area contributed by atoms with Crippen LogP contribution in [0.1, 0.15) is 5.56 Å². The molecule has 1 aromatic carbocycles. The largest absolute Gasteiger partial charge is 0.397 e. The Bertz CT molecular complexity index is 448. The lowest BCUT2D eigenvalue weighted by Gasteiger charge is -2.10. The molecular weight excluding hydrogens is 200 g/mol. The molecule has 84 valence electrons. The lowest BCUT2D eigenvalue weighted by Crippen LogP contribution is -2.11. The number of nitrogens with two attached hydrogens (primary N) is 1. The van der Waals surface area contributed by atoms with Crippen LogP contribution in [-0.2, 0) is 6.54 Å². The molecule has 4 nitrogen and oxygen atoms in total. The molecule has 0 atom stereocenters. The standard InChI is InChI=1S/C12H16N4/c1-10-3-4-11(13)12(9-10)14-6-8-16-7-2-5-15-16/h2-5,7,9,14H,6,8,13H2,1H3. The molecule has 0 saturated heterocycles. The Morgan fingerprint density at radius 3 is 3.06 bits per heavy atom. The Kier molecular flexibility index (Phi) is 3.10. The lowest BCUT2D eigenvalue weighted by molar-refractivity contribution is 0.638. The van der Waals surface area contributed by atoms with Gasteiger partial charge in [-0.15, -0.1) is 0 Å². The van der Waals surface area contributed by atoms with Gasteiger partial charge < -0.3 is 11.1 Å². The molecule has 4 heteroatoms. The number of nitrogen functional groups attached to an aromatic ring is 1. The quantitative estimate of drug-likeness (QED) is 0.767. The summed E-state index contributed by atoms with van der Waals surface area (Å²) in [7, 11) is 0. The van der Waals surface area contributed by atoms with E-state index in [4.69, 9.17) is 5.73 Å². The molecule has 2 rings (SSSR count). The van der Waals surface area contributed by atoms with E-state index in [1.54, 1.807) is 6.20 Å². The van der Waals surface area contributed by atoms with Gasteiger partial charge in [0.05, 0.1) is 17.9 Å². The van der Waals surface area contributed by atoms with Gasteiger partial charge in [-0.2, -0.15) is 5.10 Å². The van der Waals surface area contributed by atoms with Crippen LogP contribution >= 0.6 is 0 Å². The molecule has 3 N–H and O–H groups in total. The molecule has 1 heterocycles. The highest BCUT2D eigenvalue weighted by molar-refractivity contribution is 5.66. The summed E-state index contributed by atoms with van der Waals surface area (Å²) >= 11 is 0. The van der Waals surface area contributed by atoms with Crippen LogP contribution < -0.4 is 11.1 Å². The summed E-state index contributed by atoms with van der Waals surface area (Å²) in [5.74, 6) is 0. The highest BCUT2D eigenvalue weighted by Crippen LogP contribution is 2.18. The van der Waals surface area contributed by atoms with Crippen LogP contribution in [0.15, 0.2) is 36.7 Å². The predicted octanol–water partition coefficient (Wildman–Crippen LogP) is 1.89. The van der Waals surface area contributed by atoms with Crippen LogP contribution in [0.3, 0.4) is 0 Å². The van der Waals surface area contributed by atoms with E-state index in [9.17, 15) is 0 Å². The minimum atomic E-state index is 0.783. The Morgan fingerprint density at radius 2 is 2.31 bits per heavy atom. The zero-order valence-electron chi connectivity index (χ0n) is 9.35. The summed E-state index contributed by atoms with van der Waals surface area (Å²) in [6.45, 7) is 3.70. The molecule has 0 aliphatic carbocycles. The zero-order chi connectivity index (χ0) is 11.4. The van der Waals surface area contributed by atoms with E-state index >= 15 is 0 Å². The number of nitrogens with zero attached hydrogens (tertiary/aromatic N) is 2. The number of nitrogens with one attached hydrogen (secondary N) is 1. The van der Waals surface area contributed by atoms with Crippen molar-refractivity contribution in [1.29, 1.82) is 0 Å². The first-order valence-electron chi connectivity index (χ1n) is 5.33. The first-order chi connectivity index (χ1) is 7.75. The molecular formula is C12H16N4. The van der Waals surface area contributed by atoms with Crippen molar-refractivity contribution in [2.75, 3.05) is 17.6 Å². The molecule has 16 heavy (non-hydrogen) atoms. The highest BCUT2D eigenvalue weighted by Gasteiger charge is 1.98. The molecule has 0 spiro atoms. The molecule has 0 aliphatic heterocycles. The molecule has 0 amide bonds. The van der Waals surface area contributed by atoms with Crippen LogP contribution in [0.25, 0.3) is 0 Å². The van der Waals surface area contributed by atoms with Crippen LogP contribution in [0, 0.1) is 6.92 Å². The number of hydrogen-bond donors (Lipinski definition) is 2. The van der Waals surface area contributed by atoms with Crippen molar-refractivity contribution < 1.29 is 0 Å². The second-order valence-corrected chi connectivity index (χ2v) is 3.79. The number of hydrogen-bond acceptors (Lipinski definition) is 3. The van der Waals surface area contributed by atoms with Crippen molar-refractivity contribution in [2.24, 2.45) is 0 Å². The molecule has 0 saturated carbocycles. The fraction of sp³-hybridized carbons (Fsp3) is 0.250. The predicted molar refractivity (Wildman–Crippen MR) is 66.3 cm³/mol. The molecule has 0 unspecified atom stereocenters. The fourth-order valence-corrected chi connectivity index (χ4v) is 1.56. The van der Waals surface area contributed by atoms with E-state index in [2.05, 4.69) is 23.4 Å². The van der Waals surface area contributed by atoms with Gasteiger partial charge in [0.2, 0.25) is 0 Å². The number of aromatic nitrogens is 2. The van der Waals surface area contributed by atoms with Crippen molar-refractivity contribution in [1.82, 2.24) is 9.78 Å². The van der Waals surface area contributed by atoms with Gasteiger partial charge in [-0.05, 0) is 30.7 Å². The van der Waals surface area contributed by atoms with Crippen molar-refractivity contribution in [2.45, 2.75) is 13.5 Å². The van der Waals surface area contributed by atoms with Crippen LogP contribution in [0.5, 0.6) is 0 Å². The van der Waals surface area contributed by atoms with Gasteiger partial charge in [0.25, 0.3) is 0 Å². The van der Waals surface area contributed by atoms with Crippen molar-refractivity contribution in [3.05, 3.63) is 42.2 Å². The van der Waals surface area contributed by atoms with Crippen molar-refractivity contribution in [3.63, 3.8) is 0 Å². The van der Waals surface area contributed by atoms with Crippen LogP contribution in [-0.4, -0.2) is 16.3 Å². The fourth-order valence-electron chi connectivity index (χ4n) is 1.56. The minimum Gasteiger partial charge on any atom is -0.397 e. The van der Waals surface area contributed by atoms with Gasteiger partial charge in [-0.3, -0.25) is 4.68 Å². The van der Waals surface area contributed by atoms with E-state index in [-0.39, 0.29) is 0 Å². The average Bonchev–Trinajstić information content (AvgIpc) is 2.76. The summed E-state index contributed by atoms with van der Waals surface area (Å²) < 4.78 is 1.89. The van der Waals surface area contributed by atoms with Crippen LogP contribution in [0.4, 0.5) is 11.4 Å². The normalized spacial score (nSPS) is 10.3. The van der Waals surface area contributed by atoms with E-state index in [1.165, 1.54) is 5.56 Å². The van der Waals surface area contributed by atoms with Gasteiger partial charge in [0.15, 0.2) is 0 Å². The molecule has 0 bridgehead atoms. The zero-order valence-corrected chi connectivity index (χ0v) is 9.35. The molecule has 0 aliphatic rings. The second-order valence-electron chi connectivity index (χ2n) is 3.79. The van der Waals surface area contributed by atoms with E-state index in [1.807, 2.05) is 29.1 Å². The van der Waals surface area contributed by atoms with E-state index in [0.29, 0.717) is 0 Å². The molecule has 0 fully saturated rings. The van der Waals surface area contributed by atoms with Gasteiger partial charge in [0, 0.05) is 18.9 Å². The number of rotatable bonds is 4. The monoisotopic (exact) mass is 216 g/mol. The summed E-state index contributed by atoms with van der Waals surface area (Å²) in [6.07, 6.45) is 3.72. The number of benzene rings is 1. The average molecular weight is 216 g/mol. The third kappa shape index (κ3) is 2.53. The summed E-state index contributed by atoms with van der Waals surface area (Å²) in [4.78, 5) is 0. The number of anilines is 2. The van der Waals surface area contributed by atoms with Crippen molar-refractivity contribution >= 4 is 11.4 Å². The smallest absolute Gasteiger partial charge is 0.0582 e. The Labute approximate surface area is 95.1 Å². The first kappa shape index (κ1) is 10.5. The molecule has 0 radical (unpaired) electrons. The Balaban J connectivity index is 1.92. The Morgan fingerprint density at radius 1 is 1.44 bits per heavy atom. The van der Waals surface area contributed by atoms with Gasteiger partial charge >= 0.3 is 0 Å².